The SMILES string of the molecule is C[C-]1CC1C.[Cu+].[H-].[Li+]. The minimum atomic E-state index is 0. The van der Waals surface area contributed by atoms with Gasteiger partial charge >= 0.3 is 35.9 Å². The molecule has 2 heteroatoms. The molecule has 0 heterocycles. The Morgan fingerprint density at radius 1 is 1.71 bits per heavy atom. The molecule has 1 fully saturated rings. The summed E-state index contributed by atoms with van der Waals surface area (Å²) >= 11 is 0. The summed E-state index contributed by atoms with van der Waals surface area (Å²) in [6.07, 6.45) is 1.39. The Balaban J connectivity index is -0.0000000833. The van der Waals surface area contributed by atoms with Crippen LogP contribution in [0.2, 0.25) is 0 Å². The second-order valence-electron chi connectivity index (χ2n) is 1.95. The largest absolute Gasteiger partial charge is 1.00 e. The number of hydrogen-bond donors (Lipinski definition) is 0. The summed E-state index contributed by atoms with van der Waals surface area (Å²) in [4.78, 5) is 0. The van der Waals surface area contributed by atoms with Crippen LogP contribution in [0.4, 0.5) is 0 Å². The van der Waals surface area contributed by atoms with Crippen LogP contribution in [0.1, 0.15) is 21.7 Å². The predicted octanol–water partition coefficient (Wildman–Crippen LogP) is -1.27. The van der Waals surface area contributed by atoms with Crippen LogP contribution in [0.3, 0.4) is 0 Å². The van der Waals surface area contributed by atoms with E-state index in [4.69, 9.17) is 0 Å². The Bertz CT molecular complexity index is 45.7. The Morgan fingerprint density at radius 3 is 1.86 bits per heavy atom. The van der Waals surface area contributed by atoms with Crippen LogP contribution in [0.5, 0.6) is 0 Å². The molecule has 0 spiro atoms. The van der Waals surface area contributed by atoms with Gasteiger partial charge < -0.3 is 7.34 Å². The van der Waals surface area contributed by atoms with Gasteiger partial charge in [0.05, 0.1) is 0 Å². The van der Waals surface area contributed by atoms with Gasteiger partial charge in [0.25, 0.3) is 0 Å². The second kappa shape index (κ2) is 4.04. The Labute approximate surface area is 69.6 Å². The molecule has 0 aromatic heterocycles. The fourth-order valence-corrected chi connectivity index (χ4v) is 0.424. The Kier molecular flexibility index (Phi) is 6.34. The normalized spacial score (nSPS) is 27.4. The van der Waals surface area contributed by atoms with Crippen molar-refractivity contribution in [1.29, 1.82) is 0 Å². The fourth-order valence-electron chi connectivity index (χ4n) is 0.424. The van der Waals surface area contributed by atoms with Gasteiger partial charge in [-0.1, -0.05) is 6.92 Å². The van der Waals surface area contributed by atoms with Crippen LogP contribution >= 0.6 is 0 Å². The van der Waals surface area contributed by atoms with Crippen LogP contribution < -0.4 is 18.9 Å². The molecule has 1 aliphatic carbocycles. The molecule has 0 bridgehead atoms. The van der Waals surface area contributed by atoms with Gasteiger partial charge in [-0.2, -0.15) is 12.8 Å². The first-order chi connectivity index (χ1) is 2.30. The van der Waals surface area contributed by atoms with E-state index < -0.39 is 0 Å². The molecule has 1 unspecified atom stereocenters. The van der Waals surface area contributed by atoms with E-state index in [9.17, 15) is 0 Å². The average Bonchev–Trinajstić information content (AvgIpc) is 1.79. The standard InChI is InChI=1S/C5H9.Cu.Li.H/c1-4-3-5(4)2;;;/h4H,3H2,1-2H3;;;/q-1;2*+1;-1. The van der Waals surface area contributed by atoms with Gasteiger partial charge in [0, 0.05) is 0 Å². The fraction of sp³-hybridized carbons (Fsp3) is 0.800. The Morgan fingerprint density at radius 2 is 1.86 bits per heavy atom. The van der Waals surface area contributed by atoms with Crippen LogP contribution in [-0.4, -0.2) is 0 Å². The zero-order valence-electron chi connectivity index (χ0n) is 6.09. The van der Waals surface area contributed by atoms with E-state index in [1.807, 2.05) is 0 Å². The predicted molar refractivity (Wildman–Crippen MR) is 23.8 cm³/mol. The summed E-state index contributed by atoms with van der Waals surface area (Å²) in [5.41, 5.74) is 0. The number of rotatable bonds is 0. The zero-order chi connectivity index (χ0) is 3.86. The summed E-state index contributed by atoms with van der Waals surface area (Å²) in [6, 6.07) is 0. The number of hydrogen-bond acceptors (Lipinski definition) is 0. The third-order valence-corrected chi connectivity index (χ3v) is 1.31. The van der Waals surface area contributed by atoms with Crippen molar-refractivity contribution in [3.8, 4) is 0 Å². The first-order valence-corrected chi connectivity index (χ1v) is 2.13. The first kappa shape index (κ1) is 11.0. The van der Waals surface area contributed by atoms with Gasteiger partial charge in [0.15, 0.2) is 0 Å². The van der Waals surface area contributed by atoms with Crippen LogP contribution in [0, 0.1) is 11.8 Å². The smallest absolute Gasteiger partial charge is 1.00 e. The van der Waals surface area contributed by atoms with Gasteiger partial charge in [0.2, 0.25) is 0 Å². The minimum absolute atomic E-state index is 0. The summed E-state index contributed by atoms with van der Waals surface area (Å²) in [6.45, 7) is 4.47. The van der Waals surface area contributed by atoms with Gasteiger partial charge in [0.1, 0.15) is 0 Å². The molecule has 0 aliphatic heterocycles. The maximum absolute atomic E-state index is 2.26. The molecule has 1 saturated carbocycles. The monoisotopic (exact) mass is 140 g/mol. The van der Waals surface area contributed by atoms with Crippen molar-refractivity contribution in [2.24, 2.45) is 5.92 Å². The average molecular weight is 141 g/mol. The van der Waals surface area contributed by atoms with E-state index in [-0.39, 0.29) is 37.4 Å². The van der Waals surface area contributed by atoms with Crippen molar-refractivity contribution in [2.75, 3.05) is 0 Å². The molecule has 7 heavy (non-hydrogen) atoms. The van der Waals surface area contributed by atoms with E-state index in [1.54, 1.807) is 5.92 Å². The molecule has 0 saturated heterocycles. The summed E-state index contributed by atoms with van der Waals surface area (Å²) in [5, 5.41) is 0. The molecule has 1 atom stereocenters. The molecule has 1 rings (SSSR count). The van der Waals surface area contributed by atoms with Crippen molar-refractivity contribution >= 4 is 0 Å². The molecule has 0 N–H and O–H groups in total. The third kappa shape index (κ3) is 3.68. The zero-order valence-corrected chi connectivity index (χ0v) is 6.03. The van der Waals surface area contributed by atoms with Gasteiger partial charge in [-0.3, -0.25) is 0 Å². The van der Waals surface area contributed by atoms with Crippen LogP contribution in [0.15, 0.2) is 0 Å². The molecule has 0 radical (unpaired) electrons. The van der Waals surface area contributed by atoms with E-state index >= 15 is 0 Å². The van der Waals surface area contributed by atoms with Crippen LogP contribution in [-0.2, 0) is 17.1 Å². The van der Waals surface area contributed by atoms with Crippen molar-refractivity contribution in [3.05, 3.63) is 5.92 Å². The van der Waals surface area contributed by atoms with E-state index in [2.05, 4.69) is 13.8 Å². The summed E-state index contributed by atoms with van der Waals surface area (Å²) in [7, 11) is 0. The Hall–Kier alpha value is 1.12. The summed E-state index contributed by atoms with van der Waals surface area (Å²) in [5.74, 6) is 2.64. The topological polar surface area (TPSA) is 0 Å². The molecule has 0 nitrogen and oxygen atoms in total. The van der Waals surface area contributed by atoms with Gasteiger partial charge in [-0.05, 0) is 0 Å². The van der Waals surface area contributed by atoms with E-state index in [1.165, 1.54) is 6.42 Å². The molecule has 0 amide bonds. The molecule has 0 aromatic rings. The maximum atomic E-state index is 2.26. The molecule has 42 valence electrons. The van der Waals surface area contributed by atoms with E-state index in [0.29, 0.717) is 0 Å². The molecular formula is C5H10CuLi. The van der Waals surface area contributed by atoms with Gasteiger partial charge in [-0.15, -0.1) is 0 Å². The minimum Gasteiger partial charge on any atom is -1.00 e. The van der Waals surface area contributed by atoms with Crippen molar-refractivity contribution in [1.82, 2.24) is 0 Å². The quantitative estimate of drug-likeness (QED) is 0.291. The maximum Gasteiger partial charge on any atom is 1.00 e. The van der Waals surface area contributed by atoms with Crippen LogP contribution in [0.25, 0.3) is 0 Å². The van der Waals surface area contributed by atoms with Crippen molar-refractivity contribution in [3.63, 3.8) is 0 Å². The second-order valence-corrected chi connectivity index (χ2v) is 1.95. The molecule has 0 aromatic carbocycles. The van der Waals surface area contributed by atoms with Crippen molar-refractivity contribution in [2.45, 2.75) is 20.3 Å². The van der Waals surface area contributed by atoms with Crippen molar-refractivity contribution < 1.29 is 37.4 Å². The van der Waals surface area contributed by atoms with Gasteiger partial charge in [-0.25, -0.2) is 6.42 Å². The third-order valence-electron chi connectivity index (χ3n) is 1.31. The first-order valence-electron chi connectivity index (χ1n) is 2.13. The molecular weight excluding hydrogens is 131 g/mol. The molecule has 1 aliphatic rings. The summed E-state index contributed by atoms with van der Waals surface area (Å²) < 4.78 is 0. The van der Waals surface area contributed by atoms with E-state index in [0.717, 1.165) is 5.92 Å².